The van der Waals surface area contributed by atoms with Crippen LogP contribution < -0.4 is 0 Å². The van der Waals surface area contributed by atoms with Gasteiger partial charge in [-0.15, -0.1) is 0 Å². The van der Waals surface area contributed by atoms with Crippen molar-refractivity contribution in [2.45, 2.75) is 393 Å². The quantitative estimate of drug-likeness (QED) is 0.0261. The maximum absolute atomic E-state index is 12.9. The SMILES string of the molecule is CCCCC/C=C\C/C=C\CCCCCCCC(=O)OCC(COC(=O)CCCCCCCCCCCCCCCCCCCCC/C=C\C/C=C\CCCCCCC)OC(=O)CCCCCCCCC/C=C\CCCCCCCCC. The second-order valence-corrected chi connectivity index (χ2v) is 24.5. The van der Waals surface area contributed by atoms with Crippen LogP contribution in [0.3, 0.4) is 0 Å². The molecule has 478 valence electrons. The summed E-state index contributed by atoms with van der Waals surface area (Å²) in [7, 11) is 0. The Labute approximate surface area is 510 Å². The summed E-state index contributed by atoms with van der Waals surface area (Å²) in [5, 5.41) is 0. The molecule has 6 heteroatoms. The van der Waals surface area contributed by atoms with Crippen LogP contribution >= 0.6 is 0 Å². The van der Waals surface area contributed by atoms with E-state index in [0.29, 0.717) is 19.3 Å². The molecule has 0 aromatic carbocycles. The molecule has 0 aromatic heterocycles. The first-order valence-corrected chi connectivity index (χ1v) is 36.3. The lowest BCUT2D eigenvalue weighted by Gasteiger charge is -2.18. The van der Waals surface area contributed by atoms with E-state index in [1.165, 1.54) is 263 Å². The van der Waals surface area contributed by atoms with E-state index in [-0.39, 0.29) is 31.1 Å². The zero-order valence-corrected chi connectivity index (χ0v) is 55.0. The zero-order valence-electron chi connectivity index (χ0n) is 55.0. The van der Waals surface area contributed by atoms with Crippen LogP contribution in [0.1, 0.15) is 387 Å². The summed E-state index contributed by atoms with van der Waals surface area (Å²) in [5.74, 6) is -0.872. The van der Waals surface area contributed by atoms with Gasteiger partial charge in [-0.05, 0) is 109 Å². The highest BCUT2D eigenvalue weighted by Crippen LogP contribution is 2.18. The number of hydrogen-bond donors (Lipinski definition) is 0. The fourth-order valence-corrected chi connectivity index (χ4v) is 10.7. The largest absolute Gasteiger partial charge is 0.462 e. The summed E-state index contributed by atoms with van der Waals surface area (Å²) in [4.78, 5) is 38.4. The van der Waals surface area contributed by atoms with Gasteiger partial charge >= 0.3 is 17.9 Å². The molecular weight excluding hydrogens is 1010 g/mol. The molecule has 1 atom stereocenters. The van der Waals surface area contributed by atoms with E-state index < -0.39 is 6.10 Å². The van der Waals surface area contributed by atoms with Crippen molar-refractivity contribution in [1.82, 2.24) is 0 Å². The molecule has 0 fully saturated rings. The molecule has 0 saturated carbocycles. The molecule has 82 heavy (non-hydrogen) atoms. The number of carbonyl (C=O) groups excluding carboxylic acids is 3. The summed E-state index contributed by atoms with van der Waals surface area (Å²) in [5.41, 5.74) is 0. The standard InChI is InChI=1S/C76H138O6/c1-4-7-10-13-16-19-22-25-28-30-32-33-34-35-36-37-38-39-40-41-42-43-44-46-48-51-54-57-60-63-66-69-75(78)81-72-73(71-80-74(77)68-65-62-59-56-53-50-47-27-24-21-18-15-12-9-6-3)82-76(79)70-67-64-61-58-55-52-49-45-31-29-26-23-20-17-14-11-8-5-2/h18,21-22,25,27,29-32,47,73H,4-17,19-20,23-24,26,28,33-46,48-72H2,1-3H3/b21-18-,25-22-,31-29-,32-30-,47-27-. The van der Waals surface area contributed by atoms with Gasteiger partial charge in [0.2, 0.25) is 0 Å². The predicted octanol–water partition coefficient (Wildman–Crippen LogP) is 25.1. The van der Waals surface area contributed by atoms with E-state index in [9.17, 15) is 14.4 Å². The summed E-state index contributed by atoms with van der Waals surface area (Å²) in [6, 6.07) is 0. The first-order chi connectivity index (χ1) is 40.5. The van der Waals surface area contributed by atoms with E-state index in [4.69, 9.17) is 14.2 Å². The normalized spacial score (nSPS) is 12.4. The van der Waals surface area contributed by atoms with Gasteiger partial charge in [-0.3, -0.25) is 14.4 Å². The van der Waals surface area contributed by atoms with E-state index >= 15 is 0 Å². The highest BCUT2D eigenvalue weighted by Gasteiger charge is 2.19. The van der Waals surface area contributed by atoms with Crippen LogP contribution in [0.2, 0.25) is 0 Å². The van der Waals surface area contributed by atoms with E-state index in [2.05, 4.69) is 81.5 Å². The average molecular weight is 1150 g/mol. The topological polar surface area (TPSA) is 78.9 Å². The Balaban J connectivity index is 4.21. The maximum atomic E-state index is 12.9. The van der Waals surface area contributed by atoms with Gasteiger partial charge in [-0.1, -0.05) is 319 Å². The Morgan fingerprint density at radius 1 is 0.244 bits per heavy atom. The van der Waals surface area contributed by atoms with Crippen molar-refractivity contribution in [2.24, 2.45) is 0 Å². The minimum Gasteiger partial charge on any atom is -0.462 e. The molecule has 0 aliphatic carbocycles. The highest BCUT2D eigenvalue weighted by atomic mass is 16.6. The lowest BCUT2D eigenvalue weighted by atomic mass is 10.0. The summed E-state index contributed by atoms with van der Waals surface area (Å²) in [6.45, 7) is 6.64. The Kier molecular flexibility index (Phi) is 68.1. The minimum absolute atomic E-state index is 0.0767. The van der Waals surface area contributed by atoms with Gasteiger partial charge in [-0.25, -0.2) is 0 Å². The van der Waals surface area contributed by atoms with Crippen LogP contribution in [0, 0.1) is 0 Å². The molecule has 6 nitrogen and oxygen atoms in total. The molecule has 0 heterocycles. The molecule has 0 radical (unpaired) electrons. The van der Waals surface area contributed by atoms with Gasteiger partial charge in [0.15, 0.2) is 6.10 Å². The van der Waals surface area contributed by atoms with Crippen molar-refractivity contribution >= 4 is 17.9 Å². The van der Waals surface area contributed by atoms with E-state index in [1.54, 1.807) is 0 Å². The molecule has 0 bridgehead atoms. The summed E-state index contributed by atoms with van der Waals surface area (Å²) >= 11 is 0. The van der Waals surface area contributed by atoms with Gasteiger partial charge in [0.1, 0.15) is 13.2 Å². The zero-order chi connectivity index (χ0) is 59.2. The third-order valence-electron chi connectivity index (χ3n) is 16.2. The molecule has 0 rings (SSSR count). The number of carbonyl (C=O) groups is 3. The Morgan fingerprint density at radius 2 is 0.439 bits per heavy atom. The van der Waals surface area contributed by atoms with E-state index in [0.717, 1.165) is 83.5 Å². The van der Waals surface area contributed by atoms with Crippen LogP contribution in [0.4, 0.5) is 0 Å². The van der Waals surface area contributed by atoms with Crippen LogP contribution in [-0.2, 0) is 28.6 Å². The van der Waals surface area contributed by atoms with E-state index in [1.807, 2.05) is 0 Å². The lowest BCUT2D eigenvalue weighted by molar-refractivity contribution is -0.167. The van der Waals surface area contributed by atoms with Gasteiger partial charge < -0.3 is 14.2 Å². The summed E-state index contributed by atoms with van der Waals surface area (Å²) in [6.07, 6.45) is 91.1. The Bertz CT molecular complexity index is 1460. The van der Waals surface area contributed by atoms with Gasteiger partial charge in [0.25, 0.3) is 0 Å². The first-order valence-electron chi connectivity index (χ1n) is 36.3. The number of rotatable bonds is 67. The maximum Gasteiger partial charge on any atom is 0.306 e. The van der Waals surface area contributed by atoms with Crippen LogP contribution in [0.5, 0.6) is 0 Å². The number of allylic oxidation sites excluding steroid dienone is 10. The molecule has 1 unspecified atom stereocenters. The van der Waals surface area contributed by atoms with Crippen molar-refractivity contribution in [3.05, 3.63) is 60.8 Å². The first kappa shape index (κ1) is 79.1. The smallest absolute Gasteiger partial charge is 0.306 e. The van der Waals surface area contributed by atoms with Crippen molar-refractivity contribution in [3.8, 4) is 0 Å². The highest BCUT2D eigenvalue weighted by molar-refractivity contribution is 5.71. The van der Waals surface area contributed by atoms with Gasteiger partial charge in [-0.2, -0.15) is 0 Å². The second kappa shape index (κ2) is 70.6. The van der Waals surface area contributed by atoms with Crippen molar-refractivity contribution < 1.29 is 28.6 Å². The van der Waals surface area contributed by atoms with Crippen molar-refractivity contribution in [1.29, 1.82) is 0 Å². The Hall–Kier alpha value is -2.89. The minimum atomic E-state index is -0.782. The number of ether oxygens (including phenoxy) is 3. The second-order valence-electron chi connectivity index (χ2n) is 24.5. The molecule has 0 aliphatic rings. The molecular formula is C76H138O6. The lowest BCUT2D eigenvalue weighted by Crippen LogP contribution is -2.30. The van der Waals surface area contributed by atoms with Gasteiger partial charge in [0.05, 0.1) is 0 Å². The monoisotopic (exact) mass is 1150 g/mol. The fourth-order valence-electron chi connectivity index (χ4n) is 10.7. The number of unbranched alkanes of at least 4 members (excludes halogenated alkanes) is 46. The fraction of sp³-hybridized carbons (Fsp3) is 0.829. The molecule has 0 amide bonds. The average Bonchev–Trinajstić information content (AvgIpc) is 3.47. The molecule has 0 N–H and O–H groups in total. The third kappa shape index (κ3) is 67.9. The predicted molar refractivity (Wildman–Crippen MR) is 358 cm³/mol. The molecule has 0 saturated heterocycles. The number of hydrogen-bond acceptors (Lipinski definition) is 6. The third-order valence-corrected chi connectivity index (χ3v) is 16.2. The van der Waals surface area contributed by atoms with Crippen molar-refractivity contribution in [3.63, 3.8) is 0 Å². The summed E-state index contributed by atoms with van der Waals surface area (Å²) < 4.78 is 17.0. The van der Waals surface area contributed by atoms with Crippen molar-refractivity contribution in [2.75, 3.05) is 13.2 Å². The molecule has 0 aromatic rings. The van der Waals surface area contributed by atoms with Gasteiger partial charge in [0, 0.05) is 19.3 Å². The van der Waals surface area contributed by atoms with Crippen LogP contribution in [0.25, 0.3) is 0 Å². The molecule has 0 aliphatic heterocycles. The Morgan fingerprint density at radius 3 is 0.707 bits per heavy atom. The molecule has 0 spiro atoms. The van der Waals surface area contributed by atoms with Crippen LogP contribution in [0.15, 0.2) is 60.8 Å². The van der Waals surface area contributed by atoms with Crippen LogP contribution in [-0.4, -0.2) is 37.2 Å². The number of esters is 3.